The minimum atomic E-state index is -0.311. The summed E-state index contributed by atoms with van der Waals surface area (Å²) in [5.74, 6) is 2.11. The van der Waals surface area contributed by atoms with Gasteiger partial charge in [-0.3, -0.25) is 4.98 Å². The topological polar surface area (TPSA) is 42.1 Å². The standard InChI is InChI=1S/C12H18FN3S/c13-10-1-2-12(15-9-10)11(14)3-4-16-5-7-17-8-6-16/h1-2,9,11H,3-8,14H2. The van der Waals surface area contributed by atoms with Crippen molar-refractivity contribution in [3.8, 4) is 0 Å². The molecule has 2 N–H and O–H groups in total. The molecule has 0 spiro atoms. The van der Waals surface area contributed by atoms with Crippen molar-refractivity contribution in [1.82, 2.24) is 9.88 Å². The number of hydrogen-bond acceptors (Lipinski definition) is 4. The Morgan fingerprint density at radius 3 is 2.82 bits per heavy atom. The first-order valence-corrected chi connectivity index (χ1v) is 7.08. The van der Waals surface area contributed by atoms with Gasteiger partial charge < -0.3 is 10.6 Å². The molecule has 5 heteroatoms. The normalized spacial score (nSPS) is 19.2. The zero-order chi connectivity index (χ0) is 12.1. The molecule has 17 heavy (non-hydrogen) atoms. The van der Waals surface area contributed by atoms with Gasteiger partial charge in [0.15, 0.2) is 0 Å². The Morgan fingerprint density at radius 1 is 1.41 bits per heavy atom. The number of rotatable bonds is 4. The zero-order valence-corrected chi connectivity index (χ0v) is 10.6. The highest BCUT2D eigenvalue weighted by Crippen LogP contribution is 2.14. The van der Waals surface area contributed by atoms with Crippen LogP contribution in [0.15, 0.2) is 18.3 Å². The van der Waals surface area contributed by atoms with Crippen molar-refractivity contribution in [2.24, 2.45) is 5.73 Å². The molecule has 1 atom stereocenters. The molecule has 2 heterocycles. The summed E-state index contributed by atoms with van der Waals surface area (Å²) in [7, 11) is 0. The number of halogens is 1. The van der Waals surface area contributed by atoms with Crippen molar-refractivity contribution in [2.45, 2.75) is 12.5 Å². The zero-order valence-electron chi connectivity index (χ0n) is 9.81. The van der Waals surface area contributed by atoms with E-state index in [0.717, 1.165) is 31.7 Å². The second kappa shape index (κ2) is 6.33. The Kier molecular flexibility index (Phi) is 4.76. The van der Waals surface area contributed by atoms with Gasteiger partial charge >= 0.3 is 0 Å². The van der Waals surface area contributed by atoms with Gasteiger partial charge in [-0.05, 0) is 18.6 Å². The average Bonchev–Trinajstić information content (AvgIpc) is 2.38. The highest BCUT2D eigenvalue weighted by Gasteiger charge is 2.13. The van der Waals surface area contributed by atoms with E-state index in [-0.39, 0.29) is 11.9 Å². The maximum atomic E-state index is 12.7. The monoisotopic (exact) mass is 255 g/mol. The summed E-state index contributed by atoms with van der Waals surface area (Å²) in [6.45, 7) is 3.29. The second-order valence-corrected chi connectivity index (χ2v) is 5.48. The molecule has 1 aliphatic rings. The van der Waals surface area contributed by atoms with Gasteiger partial charge in [-0.2, -0.15) is 11.8 Å². The van der Waals surface area contributed by atoms with Crippen LogP contribution in [-0.2, 0) is 0 Å². The number of thioether (sulfide) groups is 1. The van der Waals surface area contributed by atoms with E-state index in [1.807, 2.05) is 11.8 Å². The molecule has 0 saturated carbocycles. The van der Waals surface area contributed by atoms with Crippen molar-refractivity contribution in [1.29, 1.82) is 0 Å². The summed E-state index contributed by atoms with van der Waals surface area (Å²) in [6.07, 6.45) is 2.11. The molecule has 0 aliphatic carbocycles. The van der Waals surface area contributed by atoms with Crippen LogP contribution in [0.5, 0.6) is 0 Å². The van der Waals surface area contributed by atoms with Crippen molar-refractivity contribution in [3.05, 3.63) is 29.8 Å². The van der Waals surface area contributed by atoms with Gasteiger partial charge in [-0.15, -0.1) is 0 Å². The Bertz CT molecular complexity index is 338. The lowest BCUT2D eigenvalue weighted by molar-refractivity contribution is 0.289. The van der Waals surface area contributed by atoms with Gasteiger partial charge in [0.25, 0.3) is 0 Å². The van der Waals surface area contributed by atoms with E-state index in [9.17, 15) is 4.39 Å². The third-order valence-corrected chi connectivity index (χ3v) is 3.93. The van der Waals surface area contributed by atoms with Crippen molar-refractivity contribution in [3.63, 3.8) is 0 Å². The summed E-state index contributed by atoms with van der Waals surface area (Å²) >= 11 is 2.00. The first kappa shape index (κ1) is 12.8. The van der Waals surface area contributed by atoms with Gasteiger partial charge in [0.2, 0.25) is 0 Å². The quantitative estimate of drug-likeness (QED) is 0.888. The fourth-order valence-corrected chi connectivity index (χ4v) is 2.88. The molecular weight excluding hydrogens is 237 g/mol. The summed E-state index contributed by atoms with van der Waals surface area (Å²) in [4.78, 5) is 6.45. The predicted molar refractivity (Wildman–Crippen MR) is 69.5 cm³/mol. The fourth-order valence-electron chi connectivity index (χ4n) is 1.90. The molecule has 1 unspecified atom stereocenters. The molecular formula is C12H18FN3S. The number of hydrogen-bond donors (Lipinski definition) is 1. The van der Waals surface area contributed by atoms with E-state index in [4.69, 9.17) is 5.73 Å². The van der Waals surface area contributed by atoms with Gasteiger partial charge in [-0.1, -0.05) is 0 Å². The third-order valence-electron chi connectivity index (χ3n) is 2.99. The highest BCUT2D eigenvalue weighted by atomic mass is 32.2. The molecule has 2 rings (SSSR count). The first-order chi connectivity index (χ1) is 8.25. The predicted octanol–water partition coefficient (Wildman–Crippen LogP) is 1.66. The van der Waals surface area contributed by atoms with Crippen LogP contribution in [0.1, 0.15) is 18.2 Å². The van der Waals surface area contributed by atoms with Gasteiger partial charge in [-0.25, -0.2) is 4.39 Å². The molecule has 0 aromatic carbocycles. The van der Waals surface area contributed by atoms with E-state index in [0.29, 0.717) is 0 Å². The summed E-state index contributed by atoms with van der Waals surface area (Å²) in [5, 5.41) is 0. The van der Waals surface area contributed by atoms with E-state index in [1.54, 1.807) is 6.07 Å². The molecule has 0 amide bonds. The SMILES string of the molecule is NC(CCN1CCSCC1)c1ccc(F)cn1. The fraction of sp³-hybridized carbons (Fsp3) is 0.583. The Labute approximate surface area is 106 Å². The van der Waals surface area contributed by atoms with Crippen molar-refractivity contribution in [2.75, 3.05) is 31.1 Å². The largest absolute Gasteiger partial charge is 0.323 e. The minimum absolute atomic E-state index is 0.0924. The smallest absolute Gasteiger partial charge is 0.141 e. The molecule has 0 bridgehead atoms. The van der Waals surface area contributed by atoms with Crippen molar-refractivity contribution < 1.29 is 4.39 Å². The van der Waals surface area contributed by atoms with Crippen LogP contribution in [0.4, 0.5) is 4.39 Å². The van der Waals surface area contributed by atoms with Gasteiger partial charge in [0.05, 0.1) is 11.9 Å². The minimum Gasteiger partial charge on any atom is -0.323 e. The molecule has 94 valence electrons. The second-order valence-electron chi connectivity index (χ2n) is 4.25. The molecule has 1 aliphatic heterocycles. The molecule has 1 aromatic rings. The van der Waals surface area contributed by atoms with E-state index < -0.39 is 0 Å². The van der Waals surface area contributed by atoms with Crippen molar-refractivity contribution >= 4 is 11.8 Å². The summed E-state index contributed by atoms with van der Waals surface area (Å²) < 4.78 is 12.7. The Balaban J connectivity index is 1.80. The first-order valence-electron chi connectivity index (χ1n) is 5.93. The molecule has 3 nitrogen and oxygen atoms in total. The van der Waals surface area contributed by atoms with Crippen LogP contribution in [0.3, 0.4) is 0 Å². The van der Waals surface area contributed by atoms with Crippen LogP contribution >= 0.6 is 11.8 Å². The molecule has 1 aromatic heterocycles. The average molecular weight is 255 g/mol. The molecule has 1 fully saturated rings. The highest BCUT2D eigenvalue weighted by molar-refractivity contribution is 7.99. The number of nitrogens with zero attached hydrogens (tertiary/aromatic N) is 2. The number of aromatic nitrogens is 1. The lowest BCUT2D eigenvalue weighted by atomic mass is 10.1. The summed E-state index contributed by atoms with van der Waals surface area (Å²) in [5.41, 5.74) is 6.82. The van der Waals surface area contributed by atoms with Crippen LogP contribution < -0.4 is 5.73 Å². The van der Waals surface area contributed by atoms with Gasteiger partial charge in [0.1, 0.15) is 5.82 Å². The lowest BCUT2D eigenvalue weighted by Gasteiger charge is -2.27. The number of pyridine rings is 1. The molecule has 0 radical (unpaired) electrons. The van der Waals surface area contributed by atoms with E-state index in [1.165, 1.54) is 23.8 Å². The van der Waals surface area contributed by atoms with Crippen LogP contribution in [0.2, 0.25) is 0 Å². The lowest BCUT2D eigenvalue weighted by Crippen LogP contribution is -2.34. The van der Waals surface area contributed by atoms with Crippen LogP contribution in [0.25, 0.3) is 0 Å². The van der Waals surface area contributed by atoms with Crippen LogP contribution in [-0.4, -0.2) is 41.0 Å². The third kappa shape index (κ3) is 3.94. The van der Waals surface area contributed by atoms with E-state index in [2.05, 4.69) is 9.88 Å². The van der Waals surface area contributed by atoms with E-state index >= 15 is 0 Å². The van der Waals surface area contributed by atoms with Gasteiger partial charge in [0, 0.05) is 37.2 Å². The maximum absolute atomic E-state index is 12.7. The maximum Gasteiger partial charge on any atom is 0.141 e. The Morgan fingerprint density at radius 2 is 2.18 bits per heavy atom. The van der Waals surface area contributed by atoms with Crippen LogP contribution in [0, 0.1) is 5.82 Å². The summed E-state index contributed by atoms with van der Waals surface area (Å²) in [6, 6.07) is 3.00. The Hall–Kier alpha value is -0.650. The number of nitrogens with two attached hydrogens (primary N) is 1. The molecule has 1 saturated heterocycles.